The number of ether oxygens (including phenoxy) is 3. The number of esters is 2. The molecule has 0 radical (unpaired) electrons. The van der Waals surface area contributed by atoms with E-state index in [2.05, 4.69) is 0 Å². The summed E-state index contributed by atoms with van der Waals surface area (Å²) in [5, 5.41) is 18.6. The number of nitrogens with two attached hydrogens (primary N) is 1. The Morgan fingerprint density at radius 1 is 1.22 bits per heavy atom. The average molecular weight is 263 g/mol. The highest BCUT2D eigenvalue weighted by atomic mass is 16.7. The van der Waals surface area contributed by atoms with Crippen LogP contribution in [0.25, 0.3) is 0 Å². The van der Waals surface area contributed by atoms with Crippen LogP contribution in [0.4, 0.5) is 0 Å². The smallest absolute Gasteiger partial charge is 0.303 e. The third-order valence-corrected chi connectivity index (χ3v) is 2.50. The molecule has 0 unspecified atom stereocenters. The van der Waals surface area contributed by atoms with Crippen molar-refractivity contribution >= 4 is 11.9 Å². The standard InChI is InChI=1S/C10H17NO7/c1-4(13)16-8-6(3-12)18-10(15)7(11)9(8)17-5(2)14/h6-10,12,15H,3,11H2,1-2H3/t6-,7-,8-,9-,10+/m1/s1. The molecule has 1 saturated heterocycles. The first-order valence-corrected chi connectivity index (χ1v) is 5.41. The van der Waals surface area contributed by atoms with Gasteiger partial charge in [-0.25, -0.2) is 0 Å². The van der Waals surface area contributed by atoms with Crippen molar-refractivity contribution in [3.8, 4) is 0 Å². The number of rotatable bonds is 3. The van der Waals surface area contributed by atoms with Crippen molar-refractivity contribution in [2.75, 3.05) is 6.61 Å². The molecule has 0 amide bonds. The fraction of sp³-hybridized carbons (Fsp3) is 0.800. The van der Waals surface area contributed by atoms with Gasteiger partial charge in [-0.3, -0.25) is 9.59 Å². The van der Waals surface area contributed by atoms with Gasteiger partial charge in [-0.2, -0.15) is 0 Å². The van der Waals surface area contributed by atoms with E-state index in [9.17, 15) is 14.7 Å². The van der Waals surface area contributed by atoms with E-state index in [0.717, 1.165) is 13.8 Å². The van der Waals surface area contributed by atoms with Crippen LogP contribution in [0, 0.1) is 0 Å². The SMILES string of the molecule is CC(=O)O[C@@H]1[C@@H](N)[C@@H](O)O[C@H](CO)[C@H]1OC(C)=O. The lowest BCUT2D eigenvalue weighted by atomic mass is 9.97. The van der Waals surface area contributed by atoms with Crippen LogP contribution in [0.2, 0.25) is 0 Å². The summed E-state index contributed by atoms with van der Waals surface area (Å²) in [4.78, 5) is 22.0. The zero-order valence-electron chi connectivity index (χ0n) is 10.1. The Kier molecular flexibility index (Phi) is 5.03. The lowest BCUT2D eigenvalue weighted by Crippen LogP contribution is -2.64. The monoisotopic (exact) mass is 263 g/mol. The van der Waals surface area contributed by atoms with Crippen LogP contribution >= 0.6 is 0 Å². The van der Waals surface area contributed by atoms with Gasteiger partial charge in [0.05, 0.1) is 12.6 Å². The molecule has 104 valence electrons. The highest BCUT2D eigenvalue weighted by Gasteiger charge is 2.47. The van der Waals surface area contributed by atoms with Gasteiger partial charge in [0.2, 0.25) is 0 Å². The molecule has 18 heavy (non-hydrogen) atoms. The third kappa shape index (κ3) is 3.39. The Hall–Kier alpha value is -1.22. The summed E-state index contributed by atoms with van der Waals surface area (Å²) in [5.74, 6) is -1.28. The van der Waals surface area contributed by atoms with E-state index in [-0.39, 0.29) is 0 Å². The maximum atomic E-state index is 11.0. The summed E-state index contributed by atoms with van der Waals surface area (Å²) in [6.45, 7) is 1.81. The summed E-state index contributed by atoms with van der Waals surface area (Å²) in [7, 11) is 0. The minimum atomic E-state index is -1.42. The first-order valence-electron chi connectivity index (χ1n) is 5.41. The molecule has 1 rings (SSSR count). The third-order valence-electron chi connectivity index (χ3n) is 2.50. The number of aliphatic hydroxyl groups excluding tert-OH is 2. The van der Waals surface area contributed by atoms with Crippen molar-refractivity contribution in [2.24, 2.45) is 5.73 Å². The van der Waals surface area contributed by atoms with Gasteiger partial charge in [-0.1, -0.05) is 0 Å². The summed E-state index contributed by atoms with van der Waals surface area (Å²) in [6, 6.07) is -1.07. The van der Waals surface area contributed by atoms with Gasteiger partial charge in [0.1, 0.15) is 6.10 Å². The van der Waals surface area contributed by atoms with Crippen molar-refractivity contribution in [3.63, 3.8) is 0 Å². The quantitative estimate of drug-likeness (QED) is 0.493. The first-order chi connectivity index (χ1) is 8.36. The van der Waals surface area contributed by atoms with Gasteiger partial charge in [-0.15, -0.1) is 0 Å². The first kappa shape index (κ1) is 14.8. The van der Waals surface area contributed by atoms with Crippen LogP contribution in [0.15, 0.2) is 0 Å². The minimum Gasteiger partial charge on any atom is -0.457 e. The molecule has 0 spiro atoms. The van der Waals surface area contributed by atoms with Crippen LogP contribution in [-0.4, -0.2) is 59.4 Å². The summed E-state index contributed by atoms with van der Waals surface area (Å²) in [6.07, 6.45) is -4.56. The van der Waals surface area contributed by atoms with Gasteiger partial charge >= 0.3 is 11.9 Å². The molecule has 0 saturated carbocycles. The van der Waals surface area contributed by atoms with Gasteiger partial charge in [0.25, 0.3) is 0 Å². The molecule has 8 nitrogen and oxygen atoms in total. The van der Waals surface area contributed by atoms with E-state index in [0.29, 0.717) is 0 Å². The summed E-state index contributed by atoms with van der Waals surface area (Å²) < 4.78 is 14.8. The van der Waals surface area contributed by atoms with E-state index in [1.165, 1.54) is 0 Å². The molecule has 0 aliphatic carbocycles. The second-order valence-electron chi connectivity index (χ2n) is 3.97. The van der Waals surface area contributed by atoms with Crippen LogP contribution < -0.4 is 5.73 Å². The second kappa shape index (κ2) is 6.10. The molecule has 4 N–H and O–H groups in total. The van der Waals surface area contributed by atoms with Crippen LogP contribution in [0.5, 0.6) is 0 Å². The summed E-state index contributed by atoms with van der Waals surface area (Å²) >= 11 is 0. The predicted octanol–water partition coefficient (Wildman–Crippen LogP) is -2.11. The number of aliphatic hydroxyl groups is 2. The van der Waals surface area contributed by atoms with Gasteiger partial charge in [0, 0.05) is 13.8 Å². The molecule has 8 heteroatoms. The zero-order valence-corrected chi connectivity index (χ0v) is 10.1. The Morgan fingerprint density at radius 2 is 1.72 bits per heavy atom. The molecule has 0 aromatic rings. The molecule has 0 aromatic heterocycles. The largest absolute Gasteiger partial charge is 0.457 e. The highest BCUT2D eigenvalue weighted by molar-refractivity contribution is 5.67. The number of carbonyl (C=O) groups excluding carboxylic acids is 2. The van der Waals surface area contributed by atoms with Crippen LogP contribution in [0.3, 0.4) is 0 Å². The molecule has 1 heterocycles. The van der Waals surface area contributed by atoms with Gasteiger partial charge in [0.15, 0.2) is 18.5 Å². The highest BCUT2D eigenvalue weighted by Crippen LogP contribution is 2.24. The normalized spacial score (nSPS) is 35.9. The molecular weight excluding hydrogens is 246 g/mol. The fourth-order valence-corrected chi connectivity index (χ4v) is 1.76. The molecule has 1 aliphatic heterocycles. The second-order valence-corrected chi connectivity index (χ2v) is 3.97. The number of hydrogen-bond donors (Lipinski definition) is 3. The Morgan fingerprint density at radius 3 is 2.17 bits per heavy atom. The Labute approximate surface area is 104 Å². The molecule has 5 atom stereocenters. The zero-order chi connectivity index (χ0) is 13.9. The van der Waals surface area contributed by atoms with E-state index in [1.54, 1.807) is 0 Å². The van der Waals surface area contributed by atoms with E-state index in [4.69, 9.17) is 25.1 Å². The van der Waals surface area contributed by atoms with Crippen molar-refractivity contribution in [3.05, 3.63) is 0 Å². The van der Waals surface area contributed by atoms with E-state index in [1.807, 2.05) is 0 Å². The van der Waals surface area contributed by atoms with Crippen molar-refractivity contribution in [1.82, 2.24) is 0 Å². The van der Waals surface area contributed by atoms with Crippen molar-refractivity contribution < 1.29 is 34.0 Å². The van der Waals surface area contributed by atoms with Gasteiger partial charge < -0.3 is 30.2 Å². The fourth-order valence-electron chi connectivity index (χ4n) is 1.76. The minimum absolute atomic E-state index is 0.514. The van der Waals surface area contributed by atoms with Crippen LogP contribution in [0.1, 0.15) is 13.8 Å². The summed E-state index contributed by atoms with van der Waals surface area (Å²) in [5.41, 5.74) is 5.63. The maximum absolute atomic E-state index is 11.0. The molecule has 1 fully saturated rings. The molecule has 0 bridgehead atoms. The van der Waals surface area contributed by atoms with Gasteiger partial charge in [-0.05, 0) is 0 Å². The molecular formula is C10H17NO7. The molecule has 1 aliphatic rings. The number of hydrogen-bond acceptors (Lipinski definition) is 8. The van der Waals surface area contributed by atoms with E-state index >= 15 is 0 Å². The lowest BCUT2D eigenvalue weighted by Gasteiger charge is -2.41. The van der Waals surface area contributed by atoms with Crippen molar-refractivity contribution in [2.45, 2.75) is 44.5 Å². The van der Waals surface area contributed by atoms with Crippen LogP contribution in [-0.2, 0) is 23.8 Å². The van der Waals surface area contributed by atoms with E-state index < -0.39 is 49.2 Å². The van der Waals surface area contributed by atoms with Crippen molar-refractivity contribution in [1.29, 1.82) is 0 Å². The predicted molar refractivity (Wildman–Crippen MR) is 57.0 cm³/mol. The topological polar surface area (TPSA) is 128 Å². The average Bonchev–Trinajstić information content (AvgIpc) is 2.27. The molecule has 0 aromatic carbocycles. The number of carbonyl (C=O) groups is 2. The maximum Gasteiger partial charge on any atom is 0.303 e. The Bertz CT molecular complexity index is 305. The lowest BCUT2D eigenvalue weighted by molar-refractivity contribution is -0.259. The Balaban J connectivity index is 2.92.